The number of nitrogens with zero attached hydrogens (tertiary/aromatic N) is 2. The number of aliphatic imine (C=N–C) groups is 1. The number of ether oxygens (including phenoxy) is 1. The predicted molar refractivity (Wildman–Crippen MR) is 90.8 cm³/mol. The first-order valence-electron chi connectivity index (χ1n) is 8.48. The maximum atomic E-state index is 5.27. The lowest BCUT2D eigenvalue weighted by molar-refractivity contribution is 0.157. The van der Waals surface area contributed by atoms with E-state index in [1.54, 1.807) is 7.11 Å². The molecule has 0 aliphatic carbocycles. The van der Waals surface area contributed by atoms with Gasteiger partial charge in [-0.1, -0.05) is 27.2 Å². The molecule has 1 aliphatic heterocycles. The third-order valence-electron chi connectivity index (χ3n) is 3.92. The number of hydrogen-bond donors (Lipinski definition) is 1. The molecule has 1 fully saturated rings. The molecule has 1 N–H and O–H groups in total. The van der Waals surface area contributed by atoms with E-state index < -0.39 is 0 Å². The smallest absolute Gasteiger partial charge is 0.193 e. The van der Waals surface area contributed by atoms with Gasteiger partial charge in [-0.2, -0.15) is 0 Å². The minimum Gasteiger partial charge on any atom is -0.384 e. The number of nitrogens with one attached hydrogen (secondary N) is 1. The molecule has 0 spiro atoms. The lowest BCUT2D eigenvalue weighted by Gasteiger charge is -2.22. The van der Waals surface area contributed by atoms with Crippen LogP contribution in [-0.2, 0) is 4.74 Å². The van der Waals surface area contributed by atoms with Crippen molar-refractivity contribution < 1.29 is 4.74 Å². The van der Waals surface area contributed by atoms with Crippen LogP contribution in [0.3, 0.4) is 0 Å². The van der Waals surface area contributed by atoms with E-state index in [2.05, 4.69) is 37.9 Å². The Labute approximate surface area is 131 Å². The molecule has 4 nitrogen and oxygen atoms in total. The zero-order chi connectivity index (χ0) is 15.7. The molecule has 1 rings (SSSR count). The highest BCUT2D eigenvalue weighted by molar-refractivity contribution is 5.80. The summed E-state index contributed by atoms with van der Waals surface area (Å²) in [6.45, 7) is 14.0. The number of unbranched alkanes of at least 4 members (excludes halogenated alkanes) is 1. The molecule has 0 amide bonds. The molecule has 124 valence electrons. The monoisotopic (exact) mass is 297 g/mol. The van der Waals surface area contributed by atoms with E-state index in [0.29, 0.717) is 11.3 Å². The van der Waals surface area contributed by atoms with Crippen LogP contribution in [0.15, 0.2) is 4.99 Å². The van der Waals surface area contributed by atoms with Crippen molar-refractivity contribution in [1.29, 1.82) is 0 Å². The number of methoxy groups -OCH3 is 1. The number of guanidine groups is 1. The molecule has 0 saturated carbocycles. The third-order valence-corrected chi connectivity index (χ3v) is 3.92. The maximum Gasteiger partial charge on any atom is 0.193 e. The van der Waals surface area contributed by atoms with Crippen molar-refractivity contribution in [2.45, 2.75) is 53.4 Å². The fraction of sp³-hybridized carbons (Fsp3) is 0.941. The molecule has 1 unspecified atom stereocenters. The summed E-state index contributed by atoms with van der Waals surface area (Å²) in [6.07, 6.45) is 4.93. The summed E-state index contributed by atoms with van der Waals surface area (Å²) < 4.78 is 5.27. The Morgan fingerprint density at radius 3 is 2.71 bits per heavy atom. The van der Waals surface area contributed by atoms with Gasteiger partial charge in [-0.3, -0.25) is 4.99 Å². The Kier molecular flexibility index (Phi) is 8.09. The van der Waals surface area contributed by atoms with E-state index in [9.17, 15) is 0 Å². The minimum atomic E-state index is 0.441. The second kappa shape index (κ2) is 9.29. The van der Waals surface area contributed by atoms with Gasteiger partial charge in [0.15, 0.2) is 5.96 Å². The summed E-state index contributed by atoms with van der Waals surface area (Å²) in [5, 5.41) is 3.43. The van der Waals surface area contributed by atoms with Crippen molar-refractivity contribution in [2.24, 2.45) is 16.3 Å². The van der Waals surface area contributed by atoms with Gasteiger partial charge in [0.1, 0.15) is 0 Å². The van der Waals surface area contributed by atoms with Gasteiger partial charge in [0.2, 0.25) is 0 Å². The van der Waals surface area contributed by atoms with Crippen molar-refractivity contribution in [3.8, 4) is 0 Å². The first kappa shape index (κ1) is 18.3. The predicted octanol–water partition coefficient (Wildman–Crippen LogP) is 3.14. The topological polar surface area (TPSA) is 36.9 Å². The van der Waals surface area contributed by atoms with Crippen LogP contribution in [-0.4, -0.2) is 50.8 Å². The largest absolute Gasteiger partial charge is 0.384 e. The highest BCUT2D eigenvalue weighted by Crippen LogP contribution is 2.21. The highest BCUT2D eigenvalue weighted by Gasteiger charge is 2.24. The van der Waals surface area contributed by atoms with Gasteiger partial charge < -0.3 is 15.0 Å². The molecule has 0 aromatic carbocycles. The van der Waals surface area contributed by atoms with Crippen LogP contribution < -0.4 is 5.32 Å². The van der Waals surface area contributed by atoms with Crippen LogP contribution in [0.1, 0.15) is 53.4 Å². The van der Waals surface area contributed by atoms with E-state index in [1.165, 1.54) is 25.7 Å². The van der Waals surface area contributed by atoms with Gasteiger partial charge in [-0.15, -0.1) is 0 Å². The van der Waals surface area contributed by atoms with E-state index in [0.717, 1.165) is 38.7 Å². The van der Waals surface area contributed by atoms with Crippen molar-refractivity contribution in [3.05, 3.63) is 0 Å². The van der Waals surface area contributed by atoms with E-state index in [4.69, 9.17) is 9.73 Å². The Balaban J connectivity index is 2.36. The molecule has 0 bridgehead atoms. The lowest BCUT2D eigenvalue weighted by Crippen LogP contribution is -2.40. The zero-order valence-electron chi connectivity index (χ0n) is 14.7. The van der Waals surface area contributed by atoms with Crippen LogP contribution in [0.4, 0.5) is 0 Å². The van der Waals surface area contributed by atoms with Crippen molar-refractivity contribution in [1.82, 2.24) is 10.2 Å². The lowest BCUT2D eigenvalue weighted by atomic mass is 9.90. The van der Waals surface area contributed by atoms with Gasteiger partial charge in [-0.25, -0.2) is 0 Å². The summed E-state index contributed by atoms with van der Waals surface area (Å²) in [7, 11) is 1.79. The fourth-order valence-electron chi connectivity index (χ4n) is 2.77. The molecule has 1 aliphatic rings. The third kappa shape index (κ3) is 7.70. The standard InChI is InChI=1S/C17H35N3O/c1-6-18-16(19-11-8-7-10-17(2,3)4)20-12-9-15(13-20)14-21-5/h15H,6-14H2,1-5H3,(H,18,19). The van der Waals surface area contributed by atoms with E-state index in [-0.39, 0.29) is 0 Å². The molecule has 4 heteroatoms. The Hall–Kier alpha value is -0.770. The summed E-state index contributed by atoms with van der Waals surface area (Å²) in [5.41, 5.74) is 0.441. The average molecular weight is 297 g/mol. The molecule has 1 atom stereocenters. The van der Waals surface area contributed by atoms with Crippen LogP contribution in [0.2, 0.25) is 0 Å². The average Bonchev–Trinajstić information content (AvgIpc) is 2.85. The Morgan fingerprint density at radius 2 is 2.10 bits per heavy atom. The molecule has 1 saturated heterocycles. The molecular formula is C17H35N3O. The molecule has 0 radical (unpaired) electrons. The van der Waals surface area contributed by atoms with E-state index >= 15 is 0 Å². The van der Waals surface area contributed by atoms with Crippen molar-refractivity contribution in [3.63, 3.8) is 0 Å². The fourth-order valence-corrected chi connectivity index (χ4v) is 2.77. The molecule has 0 aromatic heterocycles. The van der Waals surface area contributed by atoms with Crippen LogP contribution in [0.25, 0.3) is 0 Å². The van der Waals surface area contributed by atoms with Gasteiger partial charge >= 0.3 is 0 Å². The number of likely N-dealkylation sites (tertiary alicyclic amines) is 1. The van der Waals surface area contributed by atoms with Gasteiger partial charge in [0.05, 0.1) is 6.61 Å². The Morgan fingerprint density at radius 1 is 1.33 bits per heavy atom. The maximum absolute atomic E-state index is 5.27. The van der Waals surface area contributed by atoms with Gasteiger partial charge in [0.25, 0.3) is 0 Å². The van der Waals surface area contributed by atoms with Crippen molar-refractivity contribution in [2.75, 3.05) is 39.9 Å². The summed E-state index contributed by atoms with van der Waals surface area (Å²) >= 11 is 0. The first-order valence-corrected chi connectivity index (χ1v) is 8.48. The van der Waals surface area contributed by atoms with Crippen LogP contribution in [0, 0.1) is 11.3 Å². The van der Waals surface area contributed by atoms with E-state index in [1.807, 2.05) is 0 Å². The first-order chi connectivity index (χ1) is 9.96. The summed E-state index contributed by atoms with van der Waals surface area (Å²) in [6, 6.07) is 0. The second-order valence-corrected chi connectivity index (χ2v) is 7.31. The van der Waals surface area contributed by atoms with Gasteiger partial charge in [0, 0.05) is 39.2 Å². The molecule has 21 heavy (non-hydrogen) atoms. The van der Waals surface area contributed by atoms with Crippen LogP contribution in [0.5, 0.6) is 0 Å². The minimum absolute atomic E-state index is 0.441. The van der Waals surface area contributed by atoms with Crippen LogP contribution >= 0.6 is 0 Å². The number of rotatable bonds is 7. The molecule has 0 aromatic rings. The zero-order valence-corrected chi connectivity index (χ0v) is 14.7. The summed E-state index contributed by atoms with van der Waals surface area (Å²) in [5.74, 6) is 1.74. The van der Waals surface area contributed by atoms with Crippen molar-refractivity contribution >= 4 is 5.96 Å². The quantitative estimate of drug-likeness (QED) is 0.445. The Bertz CT molecular complexity index is 310. The molecule has 1 heterocycles. The second-order valence-electron chi connectivity index (χ2n) is 7.31. The summed E-state index contributed by atoms with van der Waals surface area (Å²) in [4.78, 5) is 7.19. The SMILES string of the molecule is CCNC(=NCCCCC(C)(C)C)N1CCC(COC)C1. The van der Waals surface area contributed by atoms with Gasteiger partial charge in [-0.05, 0) is 31.6 Å². The number of hydrogen-bond acceptors (Lipinski definition) is 2. The highest BCUT2D eigenvalue weighted by atomic mass is 16.5. The normalized spacial score (nSPS) is 20.1. The molecular weight excluding hydrogens is 262 g/mol.